The van der Waals surface area contributed by atoms with E-state index >= 15 is 0 Å². The van der Waals surface area contributed by atoms with Gasteiger partial charge < -0.3 is 29.7 Å². The van der Waals surface area contributed by atoms with Crippen LogP contribution >= 0.6 is 0 Å². The second-order valence-corrected chi connectivity index (χ2v) is 8.43. The van der Waals surface area contributed by atoms with Gasteiger partial charge in [-0.2, -0.15) is 5.26 Å². The molecular formula is C25H26N4O6. The van der Waals surface area contributed by atoms with Crippen molar-refractivity contribution in [1.82, 2.24) is 4.90 Å². The summed E-state index contributed by atoms with van der Waals surface area (Å²) in [5.74, 6) is -0.209. The maximum Gasteiger partial charge on any atom is 0.323 e. The highest BCUT2D eigenvalue weighted by atomic mass is 16.5. The number of carbonyl (C=O) groups is 3. The van der Waals surface area contributed by atoms with E-state index in [-0.39, 0.29) is 43.2 Å². The van der Waals surface area contributed by atoms with E-state index in [0.717, 1.165) is 0 Å². The van der Waals surface area contributed by atoms with Gasteiger partial charge in [0, 0.05) is 18.4 Å². The van der Waals surface area contributed by atoms with Crippen LogP contribution in [0.15, 0.2) is 42.5 Å². The van der Waals surface area contributed by atoms with Crippen molar-refractivity contribution in [3.63, 3.8) is 0 Å². The van der Waals surface area contributed by atoms with E-state index < -0.39 is 6.03 Å². The highest BCUT2D eigenvalue weighted by Crippen LogP contribution is 2.32. The molecule has 10 heteroatoms. The number of nitriles is 1. The van der Waals surface area contributed by atoms with Crippen LogP contribution in [0.2, 0.25) is 0 Å². The van der Waals surface area contributed by atoms with Crippen LogP contribution in [0.3, 0.4) is 0 Å². The Morgan fingerprint density at radius 2 is 1.94 bits per heavy atom. The van der Waals surface area contributed by atoms with Crippen molar-refractivity contribution >= 4 is 29.3 Å². The fourth-order valence-electron chi connectivity index (χ4n) is 4.33. The van der Waals surface area contributed by atoms with Crippen LogP contribution in [0.25, 0.3) is 0 Å². The van der Waals surface area contributed by atoms with Crippen molar-refractivity contribution in [1.29, 1.82) is 5.26 Å². The molecule has 1 fully saturated rings. The number of rotatable bonds is 4. The molecule has 0 unspecified atom stereocenters. The zero-order valence-corrected chi connectivity index (χ0v) is 19.4. The molecule has 0 saturated carbocycles. The summed E-state index contributed by atoms with van der Waals surface area (Å²) in [6, 6.07) is 12.7. The molecule has 0 aromatic heterocycles. The molecule has 1 saturated heterocycles. The molecule has 3 atom stereocenters. The highest BCUT2D eigenvalue weighted by molar-refractivity contribution is 6.02. The van der Waals surface area contributed by atoms with Crippen LogP contribution in [0, 0.1) is 11.3 Å². The van der Waals surface area contributed by atoms with Crippen LogP contribution in [0.1, 0.15) is 35.2 Å². The Balaban J connectivity index is 1.47. The predicted octanol–water partition coefficient (Wildman–Crippen LogP) is 3.15. The van der Waals surface area contributed by atoms with E-state index in [4.69, 9.17) is 19.5 Å². The van der Waals surface area contributed by atoms with Crippen LogP contribution in [0.4, 0.5) is 16.2 Å². The largest absolute Gasteiger partial charge is 0.490 e. The number of esters is 1. The summed E-state index contributed by atoms with van der Waals surface area (Å²) < 4.78 is 16.7. The molecule has 2 aromatic carbocycles. The third-order valence-corrected chi connectivity index (χ3v) is 6.14. The number of carbonyl (C=O) groups excluding carboxylic acids is 3. The summed E-state index contributed by atoms with van der Waals surface area (Å²) in [6.07, 6.45) is 0.776. The lowest BCUT2D eigenvalue weighted by molar-refractivity contribution is -0.151. The number of fused-ring (bicyclic) bond motifs is 2. The molecule has 182 valence electrons. The van der Waals surface area contributed by atoms with Gasteiger partial charge in [0.15, 0.2) is 0 Å². The number of nitrogens with zero attached hydrogens (tertiary/aromatic N) is 2. The van der Waals surface area contributed by atoms with Gasteiger partial charge in [-0.25, -0.2) is 4.79 Å². The first-order valence-electron chi connectivity index (χ1n) is 11.2. The Labute approximate surface area is 202 Å². The predicted molar refractivity (Wildman–Crippen MR) is 126 cm³/mol. The van der Waals surface area contributed by atoms with E-state index in [1.54, 1.807) is 54.4 Å². The number of hydrogen-bond acceptors (Lipinski definition) is 7. The molecular weight excluding hydrogens is 452 g/mol. The average molecular weight is 479 g/mol. The lowest BCUT2D eigenvalue weighted by atomic mass is 9.94. The molecule has 4 rings (SSSR count). The summed E-state index contributed by atoms with van der Waals surface area (Å²) in [5.41, 5.74) is 1.64. The summed E-state index contributed by atoms with van der Waals surface area (Å²) in [5, 5.41) is 14.4. The Kier molecular flexibility index (Phi) is 7.17. The molecule has 0 spiro atoms. The number of methoxy groups -OCH3 is 1. The smallest absolute Gasteiger partial charge is 0.323 e. The number of nitrogens with one attached hydrogen (secondary N) is 2. The van der Waals surface area contributed by atoms with E-state index in [1.165, 1.54) is 7.11 Å². The molecule has 0 radical (unpaired) electrons. The number of ether oxygens (including phenoxy) is 3. The number of likely N-dealkylation sites (N-methyl/N-ethyl adjacent to an activating group) is 1. The van der Waals surface area contributed by atoms with Gasteiger partial charge in [0.25, 0.3) is 5.91 Å². The topological polar surface area (TPSA) is 130 Å². The van der Waals surface area contributed by atoms with E-state index in [0.29, 0.717) is 41.1 Å². The Morgan fingerprint density at radius 3 is 2.69 bits per heavy atom. The van der Waals surface area contributed by atoms with Crippen LogP contribution in [0.5, 0.6) is 5.75 Å². The van der Waals surface area contributed by atoms with Crippen molar-refractivity contribution in [3.05, 3.63) is 53.6 Å². The molecule has 3 amide bonds. The van der Waals surface area contributed by atoms with Gasteiger partial charge in [-0.1, -0.05) is 6.07 Å². The van der Waals surface area contributed by atoms with Crippen molar-refractivity contribution in [3.8, 4) is 11.8 Å². The van der Waals surface area contributed by atoms with Gasteiger partial charge >= 0.3 is 12.0 Å². The zero-order chi connectivity index (χ0) is 24.9. The summed E-state index contributed by atoms with van der Waals surface area (Å²) in [6.45, 7) is 0.218. The molecule has 0 bridgehead atoms. The quantitative estimate of drug-likeness (QED) is 0.646. The highest BCUT2D eigenvalue weighted by Gasteiger charge is 2.39. The van der Waals surface area contributed by atoms with Gasteiger partial charge in [-0.05, 0) is 49.2 Å². The summed E-state index contributed by atoms with van der Waals surface area (Å²) in [4.78, 5) is 39.0. The average Bonchev–Trinajstić information content (AvgIpc) is 2.86. The number of urea groups is 1. The Hall–Kier alpha value is -4.10. The maximum absolute atomic E-state index is 13.3. The molecule has 0 aliphatic carbocycles. The zero-order valence-electron chi connectivity index (χ0n) is 19.4. The number of amides is 3. The monoisotopic (exact) mass is 478 g/mol. The standard InChI is InChI=1S/C25H26N4O6/c1-29-20-8-7-18(12-23(30)33-2)35-22(20)14-34-21-9-6-17(11-19(21)24(29)31)28-25(32)27-16-5-3-4-15(10-16)13-26/h3-6,9-11,18,20,22H,7-8,12,14H2,1-2H3,(H2,27,28,32)/t18-,20-,22-/m0/s1. The summed E-state index contributed by atoms with van der Waals surface area (Å²) >= 11 is 0. The molecule has 2 heterocycles. The van der Waals surface area contributed by atoms with Crippen molar-refractivity contribution in [2.75, 3.05) is 31.4 Å². The SMILES string of the molecule is COC(=O)C[C@@H]1CC[C@H]2[C@H](COc3ccc(NC(=O)Nc4cccc(C#N)c4)cc3C(=O)N2C)O1. The Morgan fingerprint density at radius 1 is 1.17 bits per heavy atom. The van der Waals surface area contributed by atoms with Gasteiger partial charge in [-0.3, -0.25) is 9.59 Å². The first-order valence-corrected chi connectivity index (χ1v) is 11.2. The molecule has 2 aromatic rings. The minimum Gasteiger partial charge on any atom is -0.490 e. The van der Waals surface area contributed by atoms with E-state index in [1.807, 2.05) is 6.07 Å². The normalized spacial score (nSPS) is 21.2. The first kappa shape index (κ1) is 24.0. The van der Waals surface area contributed by atoms with Crippen LogP contribution < -0.4 is 15.4 Å². The fraction of sp³-hybridized carbons (Fsp3) is 0.360. The first-order chi connectivity index (χ1) is 16.9. The molecule has 2 aliphatic rings. The third-order valence-electron chi connectivity index (χ3n) is 6.14. The van der Waals surface area contributed by atoms with Gasteiger partial charge in [-0.15, -0.1) is 0 Å². The second kappa shape index (κ2) is 10.4. The van der Waals surface area contributed by atoms with Gasteiger partial charge in [0.05, 0.1) is 42.9 Å². The minimum atomic E-state index is -0.509. The third kappa shape index (κ3) is 5.53. The second-order valence-electron chi connectivity index (χ2n) is 8.43. The lowest BCUT2D eigenvalue weighted by Crippen LogP contribution is -2.53. The van der Waals surface area contributed by atoms with Crippen LogP contribution in [-0.4, -0.2) is 61.8 Å². The van der Waals surface area contributed by atoms with Crippen LogP contribution in [-0.2, 0) is 14.3 Å². The number of benzene rings is 2. The van der Waals surface area contributed by atoms with Gasteiger partial charge in [0.1, 0.15) is 18.5 Å². The lowest BCUT2D eigenvalue weighted by Gasteiger charge is -2.42. The molecule has 2 aliphatic heterocycles. The minimum absolute atomic E-state index is 0.159. The van der Waals surface area contributed by atoms with E-state index in [9.17, 15) is 14.4 Å². The van der Waals surface area contributed by atoms with Crippen molar-refractivity contribution < 1.29 is 28.6 Å². The van der Waals surface area contributed by atoms with E-state index in [2.05, 4.69) is 10.6 Å². The molecule has 2 N–H and O–H groups in total. The van der Waals surface area contributed by atoms with Gasteiger partial charge in [0.2, 0.25) is 0 Å². The molecule has 35 heavy (non-hydrogen) atoms. The van der Waals surface area contributed by atoms with Crippen molar-refractivity contribution in [2.45, 2.75) is 37.5 Å². The fourth-order valence-corrected chi connectivity index (χ4v) is 4.33. The number of hydrogen-bond donors (Lipinski definition) is 2. The Bertz CT molecular complexity index is 1180. The number of anilines is 2. The van der Waals surface area contributed by atoms with Crippen molar-refractivity contribution in [2.24, 2.45) is 0 Å². The molecule has 10 nitrogen and oxygen atoms in total. The summed E-state index contributed by atoms with van der Waals surface area (Å²) in [7, 11) is 3.06. The maximum atomic E-state index is 13.3.